The summed E-state index contributed by atoms with van der Waals surface area (Å²) in [4.78, 5) is 28.6. The molecule has 0 spiro atoms. The number of thiazole rings is 1. The number of aryl methyl sites for hydroxylation is 2. The number of nitro benzene ring substituents is 1. The van der Waals surface area contributed by atoms with E-state index in [9.17, 15) is 14.9 Å². The van der Waals surface area contributed by atoms with Crippen molar-refractivity contribution in [2.75, 3.05) is 14.2 Å². The van der Waals surface area contributed by atoms with Crippen molar-refractivity contribution < 1.29 is 19.2 Å². The number of benzene rings is 1. The van der Waals surface area contributed by atoms with Crippen molar-refractivity contribution in [1.29, 1.82) is 0 Å². The summed E-state index contributed by atoms with van der Waals surface area (Å²) in [5.41, 5.74) is 0.394. The SMILES string of the molecule is COc1cc(C(=O)N[C@H](C)c2sc(C)nc2C)c([N+](=O)[O-])cc1OC. The van der Waals surface area contributed by atoms with Gasteiger partial charge >= 0.3 is 0 Å². The Balaban J connectivity index is 2.37. The first kappa shape index (κ1) is 18.7. The molecule has 9 heteroatoms. The number of nitrogens with one attached hydrogen (secondary N) is 1. The van der Waals surface area contributed by atoms with E-state index in [-0.39, 0.29) is 28.8 Å². The Kier molecular flexibility index (Phi) is 5.58. The van der Waals surface area contributed by atoms with Crippen LogP contribution in [-0.2, 0) is 0 Å². The fraction of sp³-hybridized carbons (Fsp3) is 0.375. The van der Waals surface area contributed by atoms with Gasteiger partial charge in [-0.3, -0.25) is 14.9 Å². The molecule has 2 rings (SSSR count). The summed E-state index contributed by atoms with van der Waals surface area (Å²) < 4.78 is 10.2. The van der Waals surface area contributed by atoms with Crippen LogP contribution in [0.25, 0.3) is 0 Å². The highest BCUT2D eigenvalue weighted by molar-refractivity contribution is 7.11. The van der Waals surface area contributed by atoms with Gasteiger partial charge in [-0.15, -0.1) is 11.3 Å². The van der Waals surface area contributed by atoms with Crippen LogP contribution in [0, 0.1) is 24.0 Å². The highest BCUT2D eigenvalue weighted by Crippen LogP contribution is 2.35. The number of aromatic nitrogens is 1. The number of nitrogens with zero attached hydrogens (tertiary/aromatic N) is 2. The third kappa shape index (κ3) is 3.87. The van der Waals surface area contributed by atoms with Crippen molar-refractivity contribution in [2.45, 2.75) is 26.8 Å². The monoisotopic (exact) mass is 365 g/mol. The van der Waals surface area contributed by atoms with Crippen molar-refractivity contribution >= 4 is 22.9 Å². The zero-order valence-electron chi connectivity index (χ0n) is 14.6. The lowest BCUT2D eigenvalue weighted by Gasteiger charge is -2.14. The van der Waals surface area contributed by atoms with Crippen molar-refractivity contribution in [3.05, 3.63) is 43.4 Å². The maximum absolute atomic E-state index is 12.6. The molecule has 0 unspecified atom stereocenters. The smallest absolute Gasteiger partial charge is 0.286 e. The molecule has 1 amide bonds. The summed E-state index contributed by atoms with van der Waals surface area (Å²) in [6.07, 6.45) is 0. The number of methoxy groups -OCH3 is 2. The quantitative estimate of drug-likeness (QED) is 0.623. The van der Waals surface area contributed by atoms with Gasteiger partial charge in [0.2, 0.25) is 0 Å². The molecule has 1 atom stereocenters. The number of rotatable bonds is 6. The van der Waals surface area contributed by atoms with Crippen LogP contribution in [0.5, 0.6) is 11.5 Å². The minimum atomic E-state index is -0.621. The Hall–Kier alpha value is -2.68. The first-order valence-corrected chi connectivity index (χ1v) is 8.25. The molecule has 8 nitrogen and oxygen atoms in total. The minimum absolute atomic E-state index is 0.0895. The molecule has 0 bridgehead atoms. The van der Waals surface area contributed by atoms with E-state index in [1.54, 1.807) is 0 Å². The van der Waals surface area contributed by atoms with Crippen molar-refractivity contribution in [3.63, 3.8) is 0 Å². The molecule has 0 aliphatic rings. The highest BCUT2D eigenvalue weighted by Gasteiger charge is 2.26. The van der Waals surface area contributed by atoms with Gasteiger partial charge in [-0.25, -0.2) is 4.98 Å². The maximum Gasteiger partial charge on any atom is 0.286 e. The van der Waals surface area contributed by atoms with Gasteiger partial charge in [0.1, 0.15) is 5.56 Å². The molecular weight excluding hydrogens is 346 g/mol. The summed E-state index contributed by atoms with van der Waals surface area (Å²) in [7, 11) is 2.77. The molecule has 0 aliphatic heterocycles. The molecule has 1 aromatic heterocycles. The van der Waals surface area contributed by atoms with Gasteiger partial charge in [0.25, 0.3) is 11.6 Å². The fourth-order valence-electron chi connectivity index (χ4n) is 2.49. The van der Waals surface area contributed by atoms with E-state index in [0.717, 1.165) is 15.6 Å². The van der Waals surface area contributed by atoms with Crippen LogP contribution in [0.1, 0.15) is 38.9 Å². The first-order chi connectivity index (χ1) is 11.8. The average molecular weight is 365 g/mol. The zero-order chi connectivity index (χ0) is 18.7. The normalized spacial score (nSPS) is 11.7. The van der Waals surface area contributed by atoms with E-state index in [1.165, 1.54) is 37.7 Å². The van der Waals surface area contributed by atoms with Gasteiger partial charge in [0.15, 0.2) is 11.5 Å². The molecular formula is C16H19N3O5S. The highest BCUT2D eigenvalue weighted by atomic mass is 32.1. The van der Waals surface area contributed by atoms with Crippen LogP contribution in [0.4, 0.5) is 5.69 Å². The minimum Gasteiger partial charge on any atom is -0.493 e. The number of carbonyl (C=O) groups is 1. The van der Waals surface area contributed by atoms with Gasteiger partial charge in [-0.1, -0.05) is 0 Å². The molecule has 0 saturated carbocycles. The van der Waals surface area contributed by atoms with Crippen LogP contribution in [0.2, 0.25) is 0 Å². The Morgan fingerprint density at radius 1 is 1.28 bits per heavy atom. The summed E-state index contributed by atoms with van der Waals surface area (Å²) in [5.74, 6) is -0.131. The molecule has 1 aromatic carbocycles. The fourth-order valence-corrected chi connectivity index (χ4v) is 3.42. The predicted molar refractivity (Wildman–Crippen MR) is 93.7 cm³/mol. The molecule has 134 valence electrons. The van der Waals surface area contributed by atoms with Crippen molar-refractivity contribution in [1.82, 2.24) is 10.3 Å². The van der Waals surface area contributed by atoms with E-state index in [0.29, 0.717) is 0 Å². The van der Waals surface area contributed by atoms with E-state index in [1.807, 2.05) is 20.8 Å². The molecule has 0 fully saturated rings. The van der Waals surface area contributed by atoms with Gasteiger partial charge < -0.3 is 14.8 Å². The third-order valence-corrected chi connectivity index (χ3v) is 4.88. The van der Waals surface area contributed by atoms with Gasteiger partial charge in [-0.05, 0) is 20.8 Å². The number of nitro groups is 1. The number of amides is 1. The van der Waals surface area contributed by atoms with Crippen molar-refractivity contribution in [2.24, 2.45) is 0 Å². The standard InChI is InChI=1S/C16H19N3O5S/c1-8-15(25-10(3)17-8)9(2)18-16(20)11-6-13(23-4)14(24-5)7-12(11)19(21)22/h6-7,9H,1-5H3,(H,18,20)/t9-/m1/s1. The third-order valence-electron chi connectivity index (χ3n) is 3.62. The van der Waals surface area contributed by atoms with Crippen LogP contribution in [0.15, 0.2) is 12.1 Å². The van der Waals surface area contributed by atoms with E-state index in [4.69, 9.17) is 9.47 Å². The largest absolute Gasteiger partial charge is 0.493 e. The molecule has 1 heterocycles. The molecule has 0 aliphatic carbocycles. The Morgan fingerprint density at radius 2 is 1.88 bits per heavy atom. The van der Waals surface area contributed by atoms with Gasteiger partial charge in [0.05, 0.1) is 42.0 Å². The average Bonchev–Trinajstić information content (AvgIpc) is 2.91. The van der Waals surface area contributed by atoms with Crippen LogP contribution in [-0.4, -0.2) is 30.0 Å². The summed E-state index contributed by atoms with van der Waals surface area (Å²) in [6.45, 7) is 5.56. The van der Waals surface area contributed by atoms with Gasteiger partial charge in [0, 0.05) is 10.9 Å². The van der Waals surface area contributed by atoms with E-state index >= 15 is 0 Å². The summed E-state index contributed by atoms with van der Waals surface area (Å²) in [6, 6.07) is 2.16. The lowest BCUT2D eigenvalue weighted by Crippen LogP contribution is -2.27. The lowest BCUT2D eigenvalue weighted by atomic mass is 10.1. The van der Waals surface area contributed by atoms with E-state index in [2.05, 4.69) is 10.3 Å². The predicted octanol–water partition coefficient (Wildman–Crippen LogP) is 3.18. The van der Waals surface area contributed by atoms with Crippen LogP contribution < -0.4 is 14.8 Å². The van der Waals surface area contributed by atoms with Crippen molar-refractivity contribution in [3.8, 4) is 11.5 Å². The van der Waals surface area contributed by atoms with Crippen LogP contribution in [0.3, 0.4) is 0 Å². The zero-order valence-corrected chi connectivity index (χ0v) is 15.4. The maximum atomic E-state index is 12.6. The number of carbonyl (C=O) groups excluding carboxylic acids is 1. The molecule has 2 aromatic rings. The topological polar surface area (TPSA) is 104 Å². The Bertz CT molecular complexity index is 818. The molecule has 0 radical (unpaired) electrons. The lowest BCUT2D eigenvalue weighted by molar-refractivity contribution is -0.385. The Labute approximate surface area is 148 Å². The second-order valence-corrected chi connectivity index (χ2v) is 6.59. The Morgan fingerprint density at radius 3 is 2.36 bits per heavy atom. The second kappa shape index (κ2) is 7.47. The van der Waals surface area contributed by atoms with Gasteiger partial charge in [-0.2, -0.15) is 0 Å². The first-order valence-electron chi connectivity index (χ1n) is 7.43. The molecule has 1 N–H and O–H groups in total. The van der Waals surface area contributed by atoms with Crippen LogP contribution >= 0.6 is 11.3 Å². The molecule has 25 heavy (non-hydrogen) atoms. The number of ether oxygens (including phenoxy) is 2. The second-order valence-electron chi connectivity index (χ2n) is 5.36. The number of hydrogen-bond acceptors (Lipinski definition) is 7. The molecule has 0 saturated heterocycles. The summed E-state index contributed by atoms with van der Waals surface area (Å²) >= 11 is 1.48. The van der Waals surface area contributed by atoms with E-state index < -0.39 is 10.8 Å². The number of hydrogen-bond donors (Lipinski definition) is 1. The summed E-state index contributed by atoms with van der Waals surface area (Å²) in [5, 5.41) is 15.0.